The Morgan fingerprint density at radius 3 is 2.95 bits per heavy atom. The van der Waals surface area contributed by atoms with Crippen molar-refractivity contribution in [2.75, 3.05) is 45.4 Å². The first-order valence-corrected chi connectivity index (χ1v) is 6.93. The molecule has 0 bridgehead atoms. The average molecular weight is 293 g/mol. The zero-order valence-corrected chi connectivity index (χ0v) is 12.3. The van der Waals surface area contributed by atoms with Gasteiger partial charge in [0, 0.05) is 32.2 Å². The largest absolute Gasteiger partial charge is 0.468 e. The molecular formula is C14H19N3O4. The molecule has 0 saturated carbocycles. The Labute approximate surface area is 123 Å². The van der Waals surface area contributed by atoms with Gasteiger partial charge in [-0.15, -0.1) is 0 Å². The van der Waals surface area contributed by atoms with Crippen molar-refractivity contribution in [3.05, 3.63) is 17.6 Å². The molecule has 0 spiro atoms. The highest BCUT2D eigenvalue weighted by atomic mass is 16.5. The van der Waals surface area contributed by atoms with Crippen LogP contribution < -0.4 is 4.90 Å². The molecule has 0 aromatic carbocycles. The molecule has 0 N–H and O–H groups in total. The van der Waals surface area contributed by atoms with Crippen molar-refractivity contribution in [3.8, 4) is 0 Å². The Kier molecular flexibility index (Phi) is 3.77. The van der Waals surface area contributed by atoms with Crippen LogP contribution in [-0.2, 0) is 32.0 Å². The lowest BCUT2D eigenvalue weighted by Crippen LogP contribution is -2.63. The quantitative estimate of drug-likeness (QED) is 0.733. The minimum absolute atomic E-state index is 0.236. The molecule has 114 valence electrons. The number of esters is 1. The minimum atomic E-state index is -0.600. The average Bonchev–Trinajstić information content (AvgIpc) is 2.49. The molecule has 7 nitrogen and oxygen atoms in total. The van der Waals surface area contributed by atoms with Gasteiger partial charge in [0.15, 0.2) is 0 Å². The van der Waals surface area contributed by atoms with Gasteiger partial charge in [-0.3, -0.25) is 4.79 Å². The summed E-state index contributed by atoms with van der Waals surface area (Å²) in [4.78, 5) is 22.7. The van der Waals surface area contributed by atoms with Crippen LogP contribution in [-0.4, -0.2) is 56.5 Å². The Morgan fingerprint density at radius 1 is 1.43 bits per heavy atom. The van der Waals surface area contributed by atoms with Crippen LogP contribution in [0.15, 0.2) is 6.33 Å². The zero-order valence-electron chi connectivity index (χ0n) is 12.3. The fourth-order valence-electron chi connectivity index (χ4n) is 3.02. The van der Waals surface area contributed by atoms with Crippen molar-refractivity contribution in [1.82, 2.24) is 9.97 Å². The van der Waals surface area contributed by atoms with Gasteiger partial charge in [-0.25, -0.2) is 9.97 Å². The predicted octanol–water partition coefficient (Wildman–Crippen LogP) is 0.175. The summed E-state index contributed by atoms with van der Waals surface area (Å²) in [7, 11) is 3.00. The maximum absolute atomic E-state index is 12.0. The minimum Gasteiger partial charge on any atom is -0.468 e. The highest BCUT2D eigenvalue weighted by Crippen LogP contribution is 2.37. The third-order valence-electron chi connectivity index (χ3n) is 4.07. The number of rotatable bonds is 4. The second-order valence-corrected chi connectivity index (χ2v) is 5.49. The van der Waals surface area contributed by atoms with Crippen LogP contribution in [0.25, 0.3) is 0 Å². The molecule has 3 heterocycles. The van der Waals surface area contributed by atoms with Gasteiger partial charge in [0.05, 0.1) is 32.6 Å². The van der Waals surface area contributed by atoms with E-state index in [0.717, 1.165) is 23.5 Å². The number of aromatic nitrogens is 2. The Morgan fingerprint density at radius 2 is 2.24 bits per heavy atom. The van der Waals surface area contributed by atoms with Crippen LogP contribution in [0.3, 0.4) is 0 Å². The van der Waals surface area contributed by atoms with E-state index in [2.05, 4.69) is 14.9 Å². The highest BCUT2D eigenvalue weighted by molar-refractivity contribution is 5.81. The summed E-state index contributed by atoms with van der Waals surface area (Å²) >= 11 is 0. The first-order chi connectivity index (χ1) is 10.2. The van der Waals surface area contributed by atoms with Gasteiger partial charge in [0.25, 0.3) is 0 Å². The SMILES string of the molecule is COCC1(C(=O)OC)CN(c2ncnc3c2COCC3)C1. The van der Waals surface area contributed by atoms with Gasteiger partial charge < -0.3 is 19.1 Å². The van der Waals surface area contributed by atoms with Crippen LogP contribution in [0.1, 0.15) is 11.3 Å². The number of hydrogen-bond donors (Lipinski definition) is 0. The van der Waals surface area contributed by atoms with Crippen LogP contribution in [0.5, 0.6) is 0 Å². The topological polar surface area (TPSA) is 73.8 Å². The van der Waals surface area contributed by atoms with Gasteiger partial charge in [-0.1, -0.05) is 0 Å². The molecule has 1 fully saturated rings. The molecule has 3 rings (SSSR count). The van der Waals surface area contributed by atoms with Gasteiger partial charge >= 0.3 is 5.97 Å². The van der Waals surface area contributed by atoms with E-state index >= 15 is 0 Å². The van der Waals surface area contributed by atoms with Gasteiger partial charge in [-0.2, -0.15) is 0 Å². The van der Waals surface area contributed by atoms with Gasteiger partial charge in [0.2, 0.25) is 0 Å². The summed E-state index contributed by atoms with van der Waals surface area (Å²) in [6.07, 6.45) is 2.38. The van der Waals surface area contributed by atoms with E-state index in [1.165, 1.54) is 7.11 Å². The Hall–Kier alpha value is -1.73. The number of anilines is 1. The number of methoxy groups -OCH3 is 2. The number of fused-ring (bicyclic) bond motifs is 1. The third-order valence-corrected chi connectivity index (χ3v) is 4.07. The molecule has 2 aliphatic rings. The molecule has 7 heteroatoms. The molecule has 0 amide bonds. The summed E-state index contributed by atoms with van der Waals surface area (Å²) in [5, 5.41) is 0. The molecule has 2 aliphatic heterocycles. The fourth-order valence-corrected chi connectivity index (χ4v) is 3.02. The fraction of sp³-hybridized carbons (Fsp3) is 0.643. The Bertz CT molecular complexity index is 543. The highest BCUT2D eigenvalue weighted by Gasteiger charge is 2.51. The zero-order chi connectivity index (χ0) is 14.9. The standard InChI is InChI=1S/C14H19N3O4/c1-19-8-14(13(18)20-2)6-17(7-14)12-10-5-21-4-3-11(10)15-9-16-12/h9H,3-8H2,1-2H3. The molecule has 1 aromatic rings. The van der Waals surface area contributed by atoms with E-state index < -0.39 is 5.41 Å². The van der Waals surface area contributed by atoms with Crippen LogP contribution in [0.4, 0.5) is 5.82 Å². The number of hydrogen-bond acceptors (Lipinski definition) is 7. The van der Waals surface area contributed by atoms with Crippen molar-refractivity contribution >= 4 is 11.8 Å². The van der Waals surface area contributed by atoms with E-state index in [1.807, 2.05) is 0 Å². The summed E-state index contributed by atoms with van der Waals surface area (Å²) in [6, 6.07) is 0. The first-order valence-electron chi connectivity index (χ1n) is 6.93. The summed E-state index contributed by atoms with van der Waals surface area (Å²) in [6.45, 7) is 2.64. The normalized spacial score (nSPS) is 19.6. The maximum Gasteiger partial charge on any atom is 0.317 e. The number of nitrogens with zero attached hydrogens (tertiary/aromatic N) is 3. The molecule has 21 heavy (non-hydrogen) atoms. The number of carbonyl (C=O) groups is 1. The summed E-state index contributed by atoms with van der Waals surface area (Å²) in [5.74, 6) is 0.620. The third kappa shape index (κ3) is 2.36. The monoisotopic (exact) mass is 293 g/mol. The molecule has 1 aromatic heterocycles. The van der Waals surface area contributed by atoms with Crippen molar-refractivity contribution in [2.45, 2.75) is 13.0 Å². The van der Waals surface area contributed by atoms with Crippen LogP contribution >= 0.6 is 0 Å². The van der Waals surface area contributed by atoms with Crippen molar-refractivity contribution < 1.29 is 19.0 Å². The van der Waals surface area contributed by atoms with Gasteiger partial charge in [0.1, 0.15) is 17.6 Å². The van der Waals surface area contributed by atoms with E-state index in [-0.39, 0.29) is 5.97 Å². The van der Waals surface area contributed by atoms with Crippen molar-refractivity contribution in [3.63, 3.8) is 0 Å². The van der Waals surface area contributed by atoms with Gasteiger partial charge in [-0.05, 0) is 0 Å². The molecule has 1 saturated heterocycles. The van der Waals surface area contributed by atoms with E-state index in [4.69, 9.17) is 14.2 Å². The van der Waals surface area contributed by atoms with Crippen LogP contribution in [0.2, 0.25) is 0 Å². The second kappa shape index (κ2) is 5.57. The maximum atomic E-state index is 12.0. The Balaban J connectivity index is 1.80. The second-order valence-electron chi connectivity index (χ2n) is 5.49. The lowest BCUT2D eigenvalue weighted by molar-refractivity contribution is -0.158. The van der Waals surface area contributed by atoms with E-state index in [1.54, 1.807) is 13.4 Å². The predicted molar refractivity (Wildman–Crippen MR) is 73.9 cm³/mol. The van der Waals surface area contributed by atoms with Crippen molar-refractivity contribution in [1.29, 1.82) is 0 Å². The molecule has 0 unspecified atom stereocenters. The lowest BCUT2D eigenvalue weighted by Gasteiger charge is -2.48. The smallest absolute Gasteiger partial charge is 0.317 e. The molecular weight excluding hydrogens is 274 g/mol. The summed E-state index contributed by atoms with van der Waals surface area (Å²) < 4.78 is 15.6. The first kappa shape index (κ1) is 14.2. The lowest BCUT2D eigenvalue weighted by atomic mass is 9.80. The number of carbonyl (C=O) groups excluding carboxylic acids is 1. The molecule has 0 radical (unpaired) electrons. The molecule has 0 atom stereocenters. The van der Waals surface area contributed by atoms with Crippen LogP contribution in [0, 0.1) is 5.41 Å². The van der Waals surface area contributed by atoms with E-state index in [0.29, 0.717) is 32.9 Å². The summed E-state index contributed by atoms with van der Waals surface area (Å²) in [5.41, 5.74) is 1.46. The van der Waals surface area contributed by atoms with Crippen molar-refractivity contribution in [2.24, 2.45) is 5.41 Å². The number of ether oxygens (including phenoxy) is 3. The van der Waals surface area contributed by atoms with E-state index in [9.17, 15) is 4.79 Å². The molecule has 0 aliphatic carbocycles.